The lowest BCUT2D eigenvalue weighted by Gasteiger charge is -2.29. The van der Waals surface area contributed by atoms with Crippen molar-refractivity contribution >= 4 is 18.0 Å². The van der Waals surface area contributed by atoms with Gasteiger partial charge in [0.1, 0.15) is 5.57 Å². The maximum absolute atomic E-state index is 12.2. The van der Waals surface area contributed by atoms with Gasteiger partial charge in [-0.25, -0.2) is 9.59 Å². The van der Waals surface area contributed by atoms with Gasteiger partial charge in [-0.3, -0.25) is 0 Å². The maximum Gasteiger partial charge on any atom is 0.348 e. The molecule has 1 saturated heterocycles. The van der Waals surface area contributed by atoms with Crippen molar-refractivity contribution in [2.45, 2.75) is 45.8 Å². The third-order valence-electron chi connectivity index (χ3n) is 3.91. The van der Waals surface area contributed by atoms with E-state index < -0.39 is 17.7 Å². The van der Waals surface area contributed by atoms with Gasteiger partial charge < -0.3 is 18.9 Å². The summed E-state index contributed by atoms with van der Waals surface area (Å²) in [5, 5.41) is 0. The minimum Gasteiger partial charge on any atom is -0.493 e. The smallest absolute Gasteiger partial charge is 0.348 e. The van der Waals surface area contributed by atoms with Crippen LogP contribution in [0.25, 0.3) is 6.08 Å². The quantitative estimate of drug-likeness (QED) is 0.226. The minimum absolute atomic E-state index is 0.166. The fourth-order valence-corrected chi connectivity index (χ4v) is 2.65. The number of benzene rings is 1. The Kier molecular flexibility index (Phi) is 6.66. The number of carbonyl (C=O) groups is 2. The SMILES string of the molecule is C=CCc1cc(C=C2C(=O)OC(C)(C)OC2=O)cc(OC)c1OCCCC. The average molecular weight is 374 g/mol. The summed E-state index contributed by atoms with van der Waals surface area (Å²) in [5.74, 6) is -1.54. The molecule has 1 aliphatic rings. The molecule has 0 unspecified atom stereocenters. The summed E-state index contributed by atoms with van der Waals surface area (Å²) >= 11 is 0. The number of carbonyl (C=O) groups excluding carboxylic acids is 2. The Bertz CT molecular complexity index is 738. The van der Waals surface area contributed by atoms with Crippen LogP contribution in [0.3, 0.4) is 0 Å². The van der Waals surface area contributed by atoms with Crippen molar-refractivity contribution in [2.75, 3.05) is 13.7 Å². The van der Waals surface area contributed by atoms with E-state index in [0.29, 0.717) is 30.1 Å². The van der Waals surface area contributed by atoms with Crippen LogP contribution in [-0.4, -0.2) is 31.4 Å². The van der Waals surface area contributed by atoms with E-state index in [9.17, 15) is 9.59 Å². The molecule has 1 aromatic carbocycles. The molecule has 0 saturated carbocycles. The fourth-order valence-electron chi connectivity index (χ4n) is 2.65. The van der Waals surface area contributed by atoms with E-state index in [1.54, 1.807) is 19.3 Å². The van der Waals surface area contributed by atoms with Crippen LogP contribution in [-0.2, 0) is 25.5 Å². The van der Waals surface area contributed by atoms with Crippen molar-refractivity contribution in [3.8, 4) is 11.5 Å². The number of allylic oxidation sites excluding steroid dienone is 1. The Morgan fingerprint density at radius 2 is 1.85 bits per heavy atom. The summed E-state index contributed by atoms with van der Waals surface area (Å²) in [4.78, 5) is 24.3. The molecule has 1 fully saturated rings. The van der Waals surface area contributed by atoms with Crippen LogP contribution in [0.5, 0.6) is 11.5 Å². The van der Waals surface area contributed by atoms with Crippen molar-refractivity contribution in [3.63, 3.8) is 0 Å². The summed E-state index contributed by atoms with van der Waals surface area (Å²) in [7, 11) is 1.54. The second-order valence-electron chi connectivity index (χ2n) is 6.64. The first kappa shape index (κ1) is 20.6. The zero-order valence-corrected chi connectivity index (χ0v) is 16.3. The van der Waals surface area contributed by atoms with Gasteiger partial charge in [-0.15, -0.1) is 6.58 Å². The predicted molar refractivity (Wildman–Crippen MR) is 102 cm³/mol. The van der Waals surface area contributed by atoms with Gasteiger partial charge in [-0.05, 0) is 36.6 Å². The van der Waals surface area contributed by atoms with Gasteiger partial charge in [0.25, 0.3) is 5.79 Å². The Balaban J connectivity index is 2.42. The number of rotatable bonds is 8. The van der Waals surface area contributed by atoms with E-state index in [-0.39, 0.29) is 5.57 Å². The molecule has 0 amide bonds. The molecule has 0 bridgehead atoms. The number of methoxy groups -OCH3 is 1. The summed E-state index contributed by atoms with van der Waals surface area (Å²) in [5.41, 5.74) is 1.29. The second-order valence-corrected chi connectivity index (χ2v) is 6.64. The molecule has 1 heterocycles. The van der Waals surface area contributed by atoms with Gasteiger partial charge in [0, 0.05) is 19.4 Å². The van der Waals surface area contributed by atoms with Crippen molar-refractivity contribution in [1.82, 2.24) is 0 Å². The van der Waals surface area contributed by atoms with Gasteiger partial charge in [0.15, 0.2) is 11.5 Å². The number of esters is 2. The maximum atomic E-state index is 12.2. The summed E-state index contributed by atoms with van der Waals surface area (Å²) in [6.07, 6.45) is 5.69. The predicted octanol–water partition coefficient (Wildman–Crippen LogP) is 3.82. The molecule has 0 aliphatic carbocycles. The van der Waals surface area contributed by atoms with E-state index in [1.165, 1.54) is 19.9 Å². The van der Waals surface area contributed by atoms with E-state index in [0.717, 1.165) is 18.4 Å². The van der Waals surface area contributed by atoms with Crippen LogP contribution in [0.2, 0.25) is 0 Å². The average Bonchev–Trinajstić information content (AvgIpc) is 2.59. The zero-order chi connectivity index (χ0) is 20.0. The third kappa shape index (κ3) is 5.12. The second kappa shape index (κ2) is 8.75. The van der Waals surface area contributed by atoms with Gasteiger partial charge in [0.2, 0.25) is 0 Å². The fraction of sp³-hybridized carbons (Fsp3) is 0.429. The van der Waals surface area contributed by atoms with Gasteiger partial charge in [-0.2, -0.15) is 0 Å². The van der Waals surface area contributed by atoms with Gasteiger partial charge in [0.05, 0.1) is 13.7 Å². The van der Waals surface area contributed by atoms with Crippen LogP contribution < -0.4 is 9.47 Å². The highest BCUT2D eigenvalue weighted by Gasteiger charge is 2.38. The Morgan fingerprint density at radius 1 is 1.19 bits per heavy atom. The molecule has 1 aliphatic heterocycles. The molecule has 0 N–H and O–H groups in total. The van der Waals surface area contributed by atoms with Crippen LogP contribution in [0.15, 0.2) is 30.4 Å². The van der Waals surface area contributed by atoms with Crippen molar-refractivity contribution in [3.05, 3.63) is 41.5 Å². The first-order valence-corrected chi connectivity index (χ1v) is 8.94. The van der Waals surface area contributed by atoms with Crippen LogP contribution in [0.1, 0.15) is 44.7 Å². The van der Waals surface area contributed by atoms with E-state index in [1.807, 2.05) is 6.07 Å². The Hall–Kier alpha value is -2.76. The minimum atomic E-state index is -1.27. The standard InChI is InChI=1S/C21H26O6/c1-6-8-10-25-18-15(9-7-2)11-14(13-17(18)24-5)12-16-19(22)26-21(3,4)27-20(16)23/h7,11-13H,2,6,8-10H2,1,3-5H3. The molecule has 0 spiro atoms. The van der Waals surface area contributed by atoms with Crippen LogP contribution >= 0.6 is 0 Å². The number of ether oxygens (including phenoxy) is 4. The largest absolute Gasteiger partial charge is 0.493 e. The topological polar surface area (TPSA) is 71.1 Å². The molecule has 0 radical (unpaired) electrons. The summed E-state index contributed by atoms with van der Waals surface area (Å²) in [6.45, 7) is 9.45. The van der Waals surface area contributed by atoms with Crippen LogP contribution in [0, 0.1) is 0 Å². The molecule has 146 valence electrons. The van der Waals surface area contributed by atoms with E-state index in [4.69, 9.17) is 18.9 Å². The summed E-state index contributed by atoms with van der Waals surface area (Å²) in [6, 6.07) is 3.54. The number of unbranched alkanes of at least 4 members (excludes halogenated alkanes) is 1. The van der Waals surface area contributed by atoms with E-state index >= 15 is 0 Å². The molecular weight excluding hydrogens is 348 g/mol. The lowest BCUT2D eigenvalue weighted by Crippen LogP contribution is -2.41. The molecule has 6 heteroatoms. The molecule has 0 aromatic heterocycles. The third-order valence-corrected chi connectivity index (χ3v) is 3.91. The van der Waals surface area contributed by atoms with Gasteiger partial charge in [-0.1, -0.05) is 19.4 Å². The molecule has 1 aromatic rings. The molecule has 27 heavy (non-hydrogen) atoms. The molecule has 0 atom stereocenters. The normalized spacial score (nSPS) is 15.6. The van der Waals surface area contributed by atoms with Crippen molar-refractivity contribution < 1.29 is 28.5 Å². The number of cyclic esters (lactones) is 2. The van der Waals surface area contributed by atoms with Gasteiger partial charge >= 0.3 is 11.9 Å². The highest BCUT2D eigenvalue weighted by atomic mass is 16.7. The first-order valence-electron chi connectivity index (χ1n) is 8.94. The Morgan fingerprint density at radius 3 is 2.41 bits per heavy atom. The lowest BCUT2D eigenvalue weighted by atomic mass is 10.0. The van der Waals surface area contributed by atoms with Crippen LogP contribution in [0.4, 0.5) is 0 Å². The Labute approximate surface area is 159 Å². The molecule has 2 rings (SSSR count). The molecular formula is C21H26O6. The zero-order valence-electron chi connectivity index (χ0n) is 16.3. The van der Waals surface area contributed by atoms with E-state index in [2.05, 4.69) is 13.5 Å². The monoisotopic (exact) mass is 374 g/mol. The summed E-state index contributed by atoms with van der Waals surface area (Å²) < 4.78 is 21.6. The van der Waals surface area contributed by atoms with Crippen molar-refractivity contribution in [1.29, 1.82) is 0 Å². The number of hydrogen-bond acceptors (Lipinski definition) is 6. The highest BCUT2D eigenvalue weighted by Crippen LogP contribution is 2.35. The first-order chi connectivity index (χ1) is 12.8. The highest BCUT2D eigenvalue weighted by molar-refractivity contribution is 6.18. The lowest BCUT2D eigenvalue weighted by molar-refractivity contribution is -0.222. The number of hydrogen-bond donors (Lipinski definition) is 0. The molecule has 6 nitrogen and oxygen atoms in total. The van der Waals surface area contributed by atoms with Crippen molar-refractivity contribution in [2.24, 2.45) is 0 Å².